The second kappa shape index (κ2) is 6.70. The van der Waals surface area contributed by atoms with Gasteiger partial charge in [0.05, 0.1) is 10.6 Å². The zero-order valence-electron chi connectivity index (χ0n) is 12.5. The molecule has 0 aliphatic heterocycles. The molecule has 0 unspecified atom stereocenters. The molecule has 0 bridgehead atoms. The molecule has 0 saturated heterocycles. The number of nitrogens with zero attached hydrogens (tertiary/aromatic N) is 2. The minimum atomic E-state index is -3.81. The number of aromatic amines is 1. The predicted molar refractivity (Wildman–Crippen MR) is 89.3 cm³/mol. The van der Waals surface area contributed by atoms with Crippen LogP contribution in [-0.2, 0) is 14.8 Å². The van der Waals surface area contributed by atoms with E-state index in [2.05, 4.69) is 15.2 Å². The summed E-state index contributed by atoms with van der Waals surface area (Å²) < 4.78 is 28.5. The highest BCUT2D eigenvalue weighted by Crippen LogP contribution is 2.28. The van der Waals surface area contributed by atoms with Gasteiger partial charge in [-0.2, -0.15) is 4.98 Å². The van der Waals surface area contributed by atoms with E-state index in [0.29, 0.717) is 22.9 Å². The molecule has 0 atom stereocenters. The molecule has 0 aliphatic carbocycles. The number of H-pyrrole nitrogens is 1. The average Bonchev–Trinajstić information content (AvgIpc) is 3.21. The minimum absolute atomic E-state index is 0.0185. The van der Waals surface area contributed by atoms with Gasteiger partial charge in [0.2, 0.25) is 15.2 Å². The molecule has 0 radical (unpaired) electrons. The second-order valence-corrected chi connectivity index (χ2v) is 7.39. The fraction of sp³-hybridized carbons (Fsp3) is 0.0714. The van der Waals surface area contributed by atoms with E-state index in [-0.39, 0.29) is 15.8 Å². The maximum absolute atomic E-state index is 11.4. The van der Waals surface area contributed by atoms with Crippen LogP contribution in [0.2, 0.25) is 0 Å². The lowest BCUT2D eigenvalue weighted by Crippen LogP contribution is -2.11. The summed E-state index contributed by atoms with van der Waals surface area (Å²) in [5.41, 5.74) is 0.540. The zero-order valence-corrected chi connectivity index (χ0v) is 14.2. The van der Waals surface area contributed by atoms with Crippen LogP contribution in [0.15, 0.2) is 50.9 Å². The van der Waals surface area contributed by atoms with Crippen LogP contribution < -0.4 is 5.14 Å². The summed E-state index contributed by atoms with van der Waals surface area (Å²) >= 11 is 0.977. The van der Waals surface area contributed by atoms with Crippen molar-refractivity contribution < 1.29 is 22.7 Å². The molecule has 3 rings (SSSR count). The van der Waals surface area contributed by atoms with Gasteiger partial charge in [-0.15, -0.1) is 5.10 Å². The quantitative estimate of drug-likeness (QED) is 0.545. The Bertz CT molecular complexity index is 1030. The Kier molecular flexibility index (Phi) is 4.61. The van der Waals surface area contributed by atoms with E-state index >= 15 is 0 Å². The summed E-state index contributed by atoms with van der Waals surface area (Å²) in [5.74, 6) is 0.0246. The molecule has 9 nitrogen and oxygen atoms in total. The van der Waals surface area contributed by atoms with Crippen LogP contribution in [0.3, 0.4) is 0 Å². The van der Waals surface area contributed by atoms with Crippen molar-refractivity contribution in [3.8, 4) is 22.9 Å². The highest BCUT2D eigenvalue weighted by molar-refractivity contribution is 7.99. The van der Waals surface area contributed by atoms with E-state index in [9.17, 15) is 13.2 Å². The summed E-state index contributed by atoms with van der Waals surface area (Å²) in [6, 6.07) is 9.35. The van der Waals surface area contributed by atoms with Gasteiger partial charge in [0.1, 0.15) is 5.76 Å². The number of benzene rings is 1. The van der Waals surface area contributed by atoms with Crippen molar-refractivity contribution in [1.82, 2.24) is 15.2 Å². The van der Waals surface area contributed by atoms with Crippen molar-refractivity contribution in [3.63, 3.8) is 0 Å². The fourth-order valence-corrected chi connectivity index (χ4v) is 3.07. The normalized spacial score (nSPS) is 11.6. The highest BCUT2D eigenvalue weighted by Gasteiger charge is 2.14. The first-order valence-corrected chi connectivity index (χ1v) is 9.36. The molecule has 1 aromatic carbocycles. The number of aliphatic carboxylic acids is 1. The van der Waals surface area contributed by atoms with E-state index in [1.165, 1.54) is 12.1 Å². The van der Waals surface area contributed by atoms with Gasteiger partial charge >= 0.3 is 5.97 Å². The van der Waals surface area contributed by atoms with Crippen molar-refractivity contribution >= 4 is 27.8 Å². The van der Waals surface area contributed by atoms with Crippen molar-refractivity contribution in [3.05, 3.63) is 36.4 Å². The molecule has 0 saturated carbocycles. The molecule has 2 heterocycles. The Morgan fingerprint density at radius 1 is 1.28 bits per heavy atom. The standard InChI is InChI=1S/C14H12N4O5S2/c15-25(21,22)9-3-1-2-8(6-9)10-4-5-11(23-10)13-16-14(18-17-13)24-7-12(19)20/h1-6H,7H2,(H,19,20)(H2,15,21,22)(H,16,17,18). The molecule has 11 heteroatoms. The summed E-state index contributed by atoms with van der Waals surface area (Å²) in [5, 5.41) is 20.6. The summed E-state index contributed by atoms with van der Waals surface area (Å²) in [7, 11) is -3.81. The van der Waals surface area contributed by atoms with E-state index in [4.69, 9.17) is 14.7 Å². The summed E-state index contributed by atoms with van der Waals surface area (Å²) in [4.78, 5) is 14.7. The van der Waals surface area contributed by atoms with E-state index in [1.807, 2.05) is 0 Å². The van der Waals surface area contributed by atoms with Crippen molar-refractivity contribution in [2.24, 2.45) is 5.14 Å². The van der Waals surface area contributed by atoms with Crippen LogP contribution >= 0.6 is 11.8 Å². The maximum atomic E-state index is 11.4. The van der Waals surface area contributed by atoms with Gasteiger partial charge in [0.25, 0.3) is 0 Å². The minimum Gasteiger partial charge on any atom is -0.481 e. The maximum Gasteiger partial charge on any atom is 0.313 e. The number of carbonyl (C=O) groups is 1. The zero-order chi connectivity index (χ0) is 18.0. The van der Waals surface area contributed by atoms with E-state index in [1.54, 1.807) is 24.3 Å². The number of rotatable bonds is 6. The van der Waals surface area contributed by atoms with Crippen molar-refractivity contribution in [2.75, 3.05) is 5.75 Å². The predicted octanol–water partition coefficient (Wildman–Crippen LogP) is 1.56. The molecular weight excluding hydrogens is 368 g/mol. The van der Waals surface area contributed by atoms with Gasteiger partial charge in [-0.1, -0.05) is 23.9 Å². The molecule has 0 aliphatic rings. The van der Waals surface area contributed by atoms with Crippen LogP contribution in [0.5, 0.6) is 0 Å². The van der Waals surface area contributed by atoms with E-state index < -0.39 is 16.0 Å². The van der Waals surface area contributed by atoms with E-state index in [0.717, 1.165) is 11.8 Å². The lowest BCUT2D eigenvalue weighted by atomic mass is 10.2. The number of carboxylic acids is 1. The first-order chi connectivity index (χ1) is 11.8. The molecule has 4 N–H and O–H groups in total. The van der Waals surface area contributed by atoms with Gasteiger partial charge < -0.3 is 9.52 Å². The third-order valence-electron chi connectivity index (χ3n) is 3.08. The van der Waals surface area contributed by atoms with Gasteiger partial charge in [-0.25, -0.2) is 13.6 Å². The van der Waals surface area contributed by atoms with Gasteiger partial charge in [-0.05, 0) is 24.3 Å². The number of nitrogens with two attached hydrogens (primary N) is 1. The third kappa shape index (κ3) is 4.07. The number of hydrogen-bond donors (Lipinski definition) is 3. The first kappa shape index (κ1) is 17.2. The lowest BCUT2D eigenvalue weighted by molar-refractivity contribution is -0.133. The number of carboxylic acid groups (broad SMARTS) is 1. The lowest BCUT2D eigenvalue weighted by Gasteiger charge is -2.01. The van der Waals surface area contributed by atoms with Crippen LogP contribution in [-0.4, -0.2) is 40.4 Å². The molecule has 3 aromatic rings. The first-order valence-electron chi connectivity index (χ1n) is 6.83. The molecule has 2 aromatic heterocycles. The molecule has 0 fully saturated rings. The largest absolute Gasteiger partial charge is 0.481 e. The smallest absolute Gasteiger partial charge is 0.313 e. The Labute approximate surface area is 146 Å². The van der Waals surface area contributed by atoms with Crippen molar-refractivity contribution in [2.45, 2.75) is 10.1 Å². The average molecular weight is 380 g/mol. The molecule has 130 valence electrons. The SMILES string of the molecule is NS(=O)(=O)c1cccc(-c2ccc(-c3nc(SCC(=O)O)n[nH]3)o2)c1. The topological polar surface area (TPSA) is 152 Å². The summed E-state index contributed by atoms with van der Waals surface area (Å²) in [6.07, 6.45) is 0. The third-order valence-corrected chi connectivity index (χ3v) is 4.82. The number of hydrogen-bond acceptors (Lipinski definition) is 7. The van der Waals surface area contributed by atoms with Crippen LogP contribution in [0.1, 0.15) is 0 Å². The number of sulfonamides is 1. The molecule has 25 heavy (non-hydrogen) atoms. The number of furan rings is 1. The van der Waals surface area contributed by atoms with Gasteiger partial charge in [0, 0.05) is 5.56 Å². The van der Waals surface area contributed by atoms with Gasteiger partial charge in [-0.3, -0.25) is 9.89 Å². The molecular formula is C14H12N4O5S2. The summed E-state index contributed by atoms with van der Waals surface area (Å²) in [6.45, 7) is 0. The van der Waals surface area contributed by atoms with Crippen LogP contribution in [0.4, 0.5) is 0 Å². The Morgan fingerprint density at radius 2 is 2.04 bits per heavy atom. The molecule has 0 amide bonds. The fourth-order valence-electron chi connectivity index (χ4n) is 1.99. The Morgan fingerprint density at radius 3 is 2.76 bits per heavy atom. The second-order valence-electron chi connectivity index (χ2n) is 4.89. The van der Waals surface area contributed by atoms with Crippen LogP contribution in [0.25, 0.3) is 22.9 Å². The number of aromatic nitrogens is 3. The van der Waals surface area contributed by atoms with Gasteiger partial charge in [0.15, 0.2) is 11.6 Å². The Balaban J connectivity index is 1.85. The monoisotopic (exact) mass is 380 g/mol. The van der Waals surface area contributed by atoms with Crippen molar-refractivity contribution in [1.29, 1.82) is 0 Å². The molecule has 0 spiro atoms. The highest BCUT2D eigenvalue weighted by atomic mass is 32.2. The van der Waals surface area contributed by atoms with Crippen LogP contribution in [0, 0.1) is 0 Å². The number of thioether (sulfide) groups is 1. The number of primary sulfonamides is 1. The number of nitrogens with one attached hydrogen (secondary N) is 1. The Hall–Kier alpha value is -2.63.